The Morgan fingerprint density at radius 2 is 1.57 bits per heavy atom. The van der Waals surface area contributed by atoms with E-state index in [1.165, 1.54) is 0 Å². The molecule has 0 atom stereocenters. The van der Waals surface area contributed by atoms with Crippen LogP contribution in [0.1, 0.15) is 83.8 Å². The number of ether oxygens (including phenoxy) is 1. The van der Waals surface area contributed by atoms with Crippen LogP contribution in [0, 0.1) is 17.8 Å². The van der Waals surface area contributed by atoms with E-state index in [1.54, 1.807) is 12.1 Å². The van der Waals surface area contributed by atoms with Crippen LogP contribution in [0.5, 0.6) is 5.75 Å². The number of hydrogen-bond acceptors (Lipinski definition) is 5. The van der Waals surface area contributed by atoms with Crippen LogP contribution >= 0.6 is 43.5 Å². The van der Waals surface area contributed by atoms with Crippen LogP contribution in [-0.2, 0) is 14.4 Å². The fourth-order valence-corrected chi connectivity index (χ4v) is 8.36. The van der Waals surface area contributed by atoms with E-state index in [4.69, 9.17) is 16.3 Å². The predicted molar refractivity (Wildman–Crippen MR) is 182 cm³/mol. The van der Waals surface area contributed by atoms with Gasteiger partial charge in [0.15, 0.2) is 18.2 Å². The van der Waals surface area contributed by atoms with Crippen molar-refractivity contribution in [2.75, 3.05) is 18.5 Å². The quantitative estimate of drug-likeness (QED) is 0.306. The van der Waals surface area contributed by atoms with Crippen molar-refractivity contribution in [3.63, 3.8) is 0 Å². The Morgan fingerprint density at radius 3 is 2.11 bits per heavy atom. The molecule has 2 aromatic rings. The highest BCUT2D eigenvalue weighted by molar-refractivity contribution is 9.11. The third-order valence-electron chi connectivity index (χ3n) is 8.62. The van der Waals surface area contributed by atoms with Crippen molar-refractivity contribution in [3.8, 4) is 5.75 Å². The lowest BCUT2D eigenvalue weighted by molar-refractivity contribution is -0.120. The molecule has 2 aliphatic carbocycles. The summed E-state index contributed by atoms with van der Waals surface area (Å²) in [4.78, 5) is 43.6. The summed E-state index contributed by atoms with van der Waals surface area (Å²) in [6, 6.07) is 9.11. The van der Waals surface area contributed by atoms with Crippen molar-refractivity contribution < 1.29 is 19.1 Å². The standard InChI is InChI=1S/C35H39Br2ClN2O4/c1-7-10-40-25-14-34(3,4)16-27(41)31(25)30(32-26(40)15-35(5,6)17-28(32)42)22-11-20(36)12-23(37)33(22)44-18-29(43)39-21-9-8-19(2)24(38)13-21/h8-9,11-13,30H,7,10,14-18H2,1-6H3,(H,39,43). The molecule has 0 spiro atoms. The lowest BCUT2D eigenvalue weighted by atomic mass is 9.63. The van der Waals surface area contributed by atoms with E-state index < -0.39 is 5.92 Å². The van der Waals surface area contributed by atoms with Gasteiger partial charge in [0, 0.05) is 68.6 Å². The number of amides is 1. The highest BCUT2D eigenvalue weighted by Gasteiger charge is 2.49. The zero-order valence-corrected chi connectivity index (χ0v) is 30.1. The molecule has 6 nitrogen and oxygen atoms in total. The van der Waals surface area contributed by atoms with E-state index in [0.717, 1.165) is 47.2 Å². The van der Waals surface area contributed by atoms with Crippen molar-refractivity contribution in [1.29, 1.82) is 0 Å². The molecule has 0 bridgehead atoms. The van der Waals surface area contributed by atoms with Crippen molar-refractivity contribution in [2.24, 2.45) is 10.8 Å². The molecule has 0 radical (unpaired) electrons. The van der Waals surface area contributed by atoms with Gasteiger partial charge < -0.3 is 15.0 Å². The van der Waals surface area contributed by atoms with E-state index in [1.807, 2.05) is 25.1 Å². The Hall–Kier alpha value is -2.42. The summed E-state index contributed by atoms with van der Waals surface area (Å²) in [5.41, 5.74) is 5.16. The number of anilines is 1. The Morgan fingerprint density at radius 1 is 0.977 bits per heavy atom. The number of carbonyl (C=O) groups excluding carboxylic acids is 3. The van der Waals surface area contributed by atoms with Gasteiger partial charge in [-0.05, 0) is 82.8 Å². The molecule has 0 fully saturated rings. The zero-order valence-electron chi connectivity index (χ0n) is 26.1. The molecule has 1 aliphatic heterocycles. The second-order valence-electron chi connectivity index (χ2n) is 13.8. The summed E-state index contributed by atoms with van der Waals surface area (Å²) < 4.78 is 7.66. The lowest BCUT2D eigenvalue weighted by Crippen LogP contribution is -2.44. The number of nitrogens with zero attached hydrogens (tertiary/aromatic N) is 1. The number of hydrogen-bond donors (Lipinski definition) is 1. The highest BCUT2D eigenvalue weighted by Crippen LogP contribution is 2.56. The smallest absolute Gasteiger partial charge is 0.262 e. The first-order valence-corrected chi connectivity index (χ1v) is 17.0. The van der Waals surface area contributed by atoms with Crippen molar-refractivity contribution >= 4 is 66.6 Å². The fourth-order valence-electron chi connectivity index (χ4n) is 6.80. The second-order valence-corrected chi connectivity index (χ2v) is 16.0. The van der Waals surface area contributed by atoms with Crippen molar-refractivity contribution in [1.82, 2.24) is 4.90 Å². The van der Waals surface area contributed by atoms with Gasteiger partial charge in [-0.2, -0.15) is 0 Å². The molecule has 0 aromatic heterocycles. The van der Waals surface area contributed by atoms with Gasteiger partial charge in [0.1, 0.15) is 5.75 Å². The Kier molecular flexibility index (Phi) is 9.29. The summed E-state index contributed by atoms with van der Waals surface area (Å²) >= 11 is 13.6. The molecule has 0 saturated carbocycles. The molecule has 1 N–H and O–H groups in total. The first-order valence-electron chi connectivity index (χ1n) is 15.1. The van der Waals surface area contributed by atoms with E-state index in [9.17, 15) is 14.4 Å². The molecule has 2 aromatic carbocycles. The second kappa shape index (κ2) is 12.4. The molecular formula is C35H39Br2ClN2O4. The molecular weight excluding hydrogens is 708 g/mol. The van der Waals surface area contributed by atoms with Crippen LogP contribution in [0.4, 0.5) is 5.69 Å². The summed E-state index contributed by atoms with van der Waals surface area (Å²) in [6.45, 7) is 13.0. The van der Waals surface area contributed by atoms with Crippen LogP contribution < -0.4 is 10.1 Å². The number of Topliss-reactive ketones (excluding diaryl/α,β-unsaturated/α-hetero) is 2. The van der Waals surface area contributed by atoms with Gasteiger partial charge in [-0.25, -0.2) is 0 Å². The zero-order chi connectivity index (χ0) is 32.1. The maximum Gasteiger partial charge on any atom is 0.262 e. The van der Waals surface area contributed by atoms with E-state index in [2.05, 4.69) is 76.7 Å². The van der Waals surface area contributed by atoms with Gasteiger partial charge in [0.05, 0.1) is 4.47 Å². The number of benzene rings is 2. The van der Waals surface area contributed by atoms with E-state index in [0.29, 0.717) is 50.5 Å². The Labute approximate surface area is 281 Å². The molecule has 0 saturated heterocycles. The average Bonchev–Trinajstić information content (AvgIpc) is 2.89. The first kappa shape index (κ1) is 33.0. The average molecular weight is 747 g/mol. The normalized spacial score (nSPS) is 19.6. The summed E-state index contributed by atoms with van der Waals surface area (Å²) in [7, 11) is 0. The first-order chi connectivity index (χ1) is 20.6. The largest absolute Gasteiger partial charge is 0.482 e. The summed E-state index contributed by atoms with van der Waals surface area (Å²) in [5.74, 6) is -0.393. The molecule has 44 heavy (non-hydrogen) atoms. The number of aryl methyl sites for hydroxylation is 1. The van der Waals surface area contributed by atoms with E-state index in [-0.39, 0.29) is 34.9 Å². The van der Waals surface area contributed by atoms with Gasteiger partial charge in [-0.15, -0.1) is 0 Å². The molecule has 1 heterocycles. The molecule has 9 heteroatoms. The topological polar surface area (TPSA) is 75.7 Å². The number of ketones is 2. The third kappa shape index (κ3) is 6.59. The number of carbonyl (C=O) groups is 3. The lowest BCUT2D eigenvalue weighted by Gasteiger charge is -2.49. The van der Waals surface area contributed by atoms with Crippen LogP contribution in [0.2, 0.25) is 5.02 Å². The number of halogens is 3. The summed E-state index contributed by atoms with van der Waals surface area (Å²) in [5, 5.41) is 3.41. The SMILES string of the molecule is CCCN1C2=C(C(=O)CC(C)(C)C2)C(c2cc(Br)cc(Br)c2OCC(=O)Nc2ccc(C)c(Cl)c2)C2=C1CC(C)(C)CC2=O. The maximum atomic E-state index is 14.1. The number of rotatable bonds is 7. The molecule has 3 aliphatic rings. The maximum absolute atomic E-state index is 14.1. The number of nitrogens with one attached hydrogen (secondary N) is 1. The molecule has 234 valence electrons. The third-order valence-corrected chi connectivity index (χ3v) is 10.1. The molecule has 0 unspecified atom stereocenters. The minimum Gasteiger partial charge on any atom is -0.482 e. The Bertz CT molecular complexity index is 1570. The minimum atomic E-state index is -0.594. The van der Waals surface area contributed by atoms with Gasteiger partial charge in [-0.1, -0.05) is 68.2 Å². The van der Waals surface area contributed by atoms with Crippen molar-refractivity contribution in [3.05, 3.63) is 78.0 Å². The van der Waals surface area contributed by atoms with Crippen molar-refractivity contribution in [2.45, 2.75) is 79.6 Å². The molecule has 1 amide bonds. The monoisotopic (exact) mass is 744 g/mol. The fraction of sp³-hybridized carbons (Fsp3) is 0.457. The van der Waals surface area contributed by atoms with Gasteiger partial charge in [-0.3, -0.25) is 14.4 Å². The van der Waals surface area contributed by atoms with Crippen LogP contribution in [-0.4, -0.2) is 35.5 Å². The Balaban J connectivity index is 1.62. The van der Waals surface area contributed by atoms with Crippen LogP contribution in [0.25, 0.3) is 0 Å². The van der Waals surface area contributed by atoms with Crippen LogP contribution in [0.3, 0.4) is 0 Å². The van der Waals surface area contributed by atoms with Crippen LogP contribution in [0.15, 0.2) is 61.8 Å². The highest BCUT2D eigenvalue weighted by atomic mass is 79.9. The summed E-state index contributed by atoms with van der Waals surface area (Å²) in [6.07, 6.45) is 3.17. The van der Waals surface area contributed by atoms with Gasteiger partial charge in [0.2, 0.25) is 0 Å². The number of allylic oxidation sites excluding steroid dienone is 4. The van der Waals surface area contributed by atoms with Gasteiger partial charge >= 0.3 is 0 Å². The predicted octanol–water partition coefficient (Wildman–Crippen LogP) is 9.29. The molecule has 5 rings (SSSR count). The van der Waals surface area contributed by atoms with E-state index >= 15 is 0 Å². The van der Waals surface area contributed by atoms with Gasteiger partial charge in [0.25, 0.3) is 5.91 Å². The minimum absolute atomic E-state index is 0.0579.